The molecule has 0 aliphatic heterocycles. The van der Waals surface area contributed by atoms with Gasteiger partial charge in [0, 0.05) is 35.9 Å². The van der Waals surface area contributed by atoms with Crippen LogP contribution in [0.25, 0.3) is 10.9 Å². The number of nitrogens with one attached hydrogen (secondary N) is 2. The first kappa shape index (κ1) is 20.2. The maximum Gasteiger partial charge on any atom is 0.257 e. The molecule has 0 bridgehead atoms. The summed E-state index contributed by atoms with van der Waals surface area (Å²) >= 11 is 0. The molecule has 2 heterocycles. The number of pyridine rings is 2. The standard InChI is InChI=1S/C24H21N3O4/c1-2-30-17-7-9-18(10-8-17)31-22-13-16(11-12-25-22)14-27-24(29)20-15-26-21-6-4-3-5-19(21)23(20)28/h3-13,15H,2,14H2,1H3,(H,26,28)(H,27,29). The number of ether oxygens (including phenoxy) is 2. The number of aromatic nitrogens is 2. The lowest BCUT2D eigenvalue weighted by molar-refractivity contribution is 0.0949. The van der Waals surface area contributed by atoms with Crippen molar-refractivity contribution in [3.8, 4) is 17.4 Å². The van der Waals surface area contributed by atoms with E-state index in [9.17, 15) is 9.59 Å². The lowest BCUT2D eigenvalue weighted by atomic mass is 10.1. The summed E-state index contributed by atoms with van der Waals surface area (Å²) in [5, 5.41) is 3.25. The second kappa shape index (κ2) is 9.13. The minimum Gasteiger partial charge on any atom is -0.494 e. The highest BCUT2D eigenvalue weighted by Gasteiger charge is 2.13. The first-order valence-electron chi connectivity index (χ1n) is 9.88. The first-order chi connectivity index (χ1) is 15.1. The molecule has 0 radical (unpaired) electrons. The lowest BCUT2D eigenvalue weighted by Crippen LogP contribution is -2.28. The molecular weight excluding hydrogens is 394 g/mol. The van der Waals surface area contributed by atoms with Crippen LogP contribution in [0.4, 0.5) is 0 Å². The van der Waals surface area contributed by atoms with Gasteiger partial charge in [0.15, 0.2) is 0 Å². The van der Waals surface area contributed by atoms with Crippen LogP contribution in [0.1, 0.15) is 22.8 Å². The van der Waals surface area contributed by atoms with E-state index in [1.807, 2.05) is 25.1 Å². The first-order valence-corrected chi connectivity index (χ1v) is 9.88. The summed E-state index contributed by atoms with van der Waals surface area (Å²) < 4.78 is 11.2. The molecule has 156 valence electrons. The van der Waals surface area contributed by atoms with Gasteiger partial charge < -0.3 is 19.8 Å². The fraction of sp³-hybridized carbons (Fsp3) is 0.125. The average Bonchev–Trinajstić information content (AvgIpc) is 2.80. The molecule has 31 heavy (non-hydrogen) atoms. The Bertz CT molecular complexity index is 1270. The van der Waals surface area contributed by atoms with Crippen LogP contribution in [0.15, 0.2) is 77.9 Å². The van der Waals surface area contributed by atoms with Gasteiger partial charge >= 0.3 is 0 Å². The Morgan fingerprint density at radius 2 is 1.84 bits per heavy atom. The van der Waals surface area contributed by atoms with E-state index in [1.165, 1.54) is 6.20 Å². The molecule has 0 fully saturated rings. The Labute approximate surface area is 178 Å². The molecule has 2 aromatic carbocycles. The highest BCUT2D eigenvalue weighted by atomic mass is 16.5. The number of amides is 1. The van der Waals surface area contributed by atoms with Crippen molar-refractivity contribution in [2.75, 3.05) is 6.61 Å². The third-order valence-electron chi connectivity index (χ3n) is 4.64. The van der Waals surface area contributed by atoms with E-state index in [1.54, 1.807) is 48.7 Å². The summed E-state index contributed by atoms with van der Waals surface area (Å²) in [5.74, 6) is 1.35. The van der Waals surface area contributed by atoms with E-state index < -0.39 is 5.91 Å². The summed E-state index contributed by atoms with van der Waals surface area (Å²) in [6.45, 7) is 2.75. The molecule has 7 nitrogen and oxygen atoms in total. The monoisotopic (exact) mass is 415 g/mol. The van der Waals surface area contributed by atoms with Crippen molar-refractivity contribution >= 4 is 16.8 Å². The van der Waals surface area contributed by atoms with Crippen molar-refractivity contribution in [1.29, 1.82) is 0 Å². The zero-order valence-corrected chi connectivity index (χ0v) is 16.9. The van der Waals surface area contributed by atoms with Gasteiger partial charge in [0.2, 0.25) is 11.3 Å². The number of para-hydroxylation sites is 1. The maximum absolute atomic E-state index is 12.6. The highest BCUT2D eigenvalue weighted by molar-refractivity contribution is 5.97. The molecule has 2 aromatic heterocycles. The molecule has 1 amide bonds. The number of hydrogen-bond acceptors (Lipinski definition) is 5. The molecule has 4 aromatic rings. The number of rotatable bonds is 7. The van der Waals surface area contributed by atoms with Crippen LogP contribution in [0.3, 0.4) is 0 Å². The molecule has 0 aliphatic carbocycles. The van der Waals surface area contributed by atoms with Crippen molar-refractivity contribution in [2.45, 2.75) is 13.5 Å². The van der Waals surface area contributed by atoms with Crippen molar-refractivity contribution in [3.63, 3.8) is 0 Å². The Morgan fingerprint density at radius 3 is 2.65 bits per heavy atom. The van der Waals surface area contributed by atoms with Crippen LogP contribution in [-0.2, 0) is 6.54 Å². The molecule has 0 aliphatic rings. The summed E-state index contributed by atoms with van der Waals surface area (Å²) in [4.78, 5) is 32.3. The minimum absolute atomic E-state index is 0.0682. The Kier molecular flexibility index (Phi) is 5.93. The van der Waals surface area contributed by atoms with Gasteiger partial charge in [-0.1, -0.05) is 12.1 Å². The largest absolute Gasteiger partial charge is 0.494 e. The molecule has 0 spiro atoms. The van der Waals surface area contributed by atoms with Crippen LogP contribution in [0, 0.1) is 0 Å². The minimum atomic E-state index is -0.446. The number of carbonyl (C=O) groups is 1. The van der Waals surface area contributed by atoms with Crippen molar-refractivity contribution in [2.24, 2.45) is 0 Å². The zero-order chi connectivity index (χ0) is 21.6. The normalized spacial score (nSPS) is 10.6. The van der Waals surface area contributed by atoms with Gasteiger partial charge in [-0.2, -0.15) is 0 Å². The molecule has 7 heteroatoms. The summed E-state index contributed by atoms with van der Waals surface area (Å²) in [5.41, 5.74) is 1.25. The van der Waals surface area contributed by atoms with Gasteiger partial charge in [0.1, 0.15) is 17.1 Å². The van der Waals surface area contributed by atoms with Gasteiger partial charge in [0.25, 0.3) is 5.91 Å². The number of carbonyl (C=O) groups excluding carboxylic acids is 1. The fourth-order valence-electron chi connectivity index (χ4n) is 3.12. The molecule has 0 atom stereocenters. The summed E-state index contributed by atoms with van der Waals surface area (Å²) in [6.07, 6.45) is 3.04. The molecular formula is C24H21N3O4. The highest BCUT2D eigenvalue weighted by Crippen LogP contribution is 2.23. The Hall–Kier alpha value is -4.13. The summed E-state index contributed by atoms with van der Waals surface area (Å²) in [7, 11) is 0. The number of fused-ring (bicyclic) bond motifs is 1. The van der Waals surface area contributed by atoms with Crippen molar-refractivity contribution < 1.29 is 14.3 Å². The van der Waals surface area contributed by atoms with E-state index in [2.05, 4.69) is 15.3 Å². The third kappa shape index (κ3) is 4.72. The second-order valence-electron chi connectivity index (χ2n) is 6.77. The van der Waals surface area contributed by atoms with Crippen LogP contribution in [0.2, 0.25) is 0 Å². The smallest absolute Gasteiger partial charge is 0.257 e. The van der Waals surface area contributed by atoms with E-state index in [0.717, 1.165) is 11.3 Å². The van der Waals surface area contributed by atoms with Crippen molar-refractivity contribution in [3.05, 3.63) is 94.4 Å². The molecule has 2 N–H and O–H groups in total. The third-order valence-corrected chi connectivity index (χ3v) is 4.64. The van der Waals surface area contributed by atoms with Gasteiger partial charge in [-0.05, 0) is 55.0 Å². The van der Waals surface area contributed by atoms with E-state index >= 15 is 0 Å². The van der Waals surface area contributed by atoms with Gasteiger partial charge in [-0.3, -0.25) is 9.59 Å². The number of H-pyrrole nitrogens is 1. The predicted octanol–water partition coefficient (Wildman–Crippen LogP) is 4.04. The molecule has 0 saturated carbocycles. The van der Waals surface area contributed by atoms with Crippen LogP contribution in [0.5, 0.6) is 17.4 Å². The number of benzene rings is 2. The quantitative estimate of drug-likeness (QED) is 0.475. The van der Waals surface area contributed by atoms with Crippen LogP contribution < -0.4 is 20.2 Å². The van der Waals surface area contributed by atoms with Gasteiger partial charge in [0.05, 0.1) is 6.61 Å². The van der Waals surface area contributed by atoms with E-state index in [4.69, 9.17) is 9.47 Å². The number of aromatic amines is 1. The van der Waals surface area contributed by atoms with Gasteiger partial charge in [-0.25, -0.2) is 4.98 Å². The molecule has 0 unspecified atom stereocenters. The van der Waals surface area contributed by atoms with Crippen LogP contribution >= 0.6 is 0 Å². The lowest BCUT2D eigenvalue weighted by Gasteiger charge is -2.09. The predicted molar refractivity (Wildman–Crippen MR) is 118 cm³/mol. The zero-order valence-electron chi connectivity index (χ0n) is 16.9. The molecule has 0 saturated heterocycles. The average molecular weight is 415 g/mol. The van der Waals surface area contributed by atoms with Gasteiger partial charge in [-0.15, -0.1) is 0 Å². The topological polar surface area (TPSA) is 93.3 Å². The number of nitrogens with zero attached hydrogens (tertiary/aromatic N) is 1. The van der Waals surface area contributed by atoms with E-state index in [-0.39, 0.29) is 17.5 Å². The fourth-order valence-corrected chi connectivity index (χ4v) is 3.12. The van der Waals surface area contributed by atoms with Crippen LogP contribution in [-0.4, -0.2) is 22.5 Å². The molecule has 4 rings (SSSR count). The summed E-state index contributed by atoms with van der Waals surface area (Å²) in [6, 6.07) is 17.8. The second-order valence-corrected chi connectivity index (χ2v) is 6.77. The SMILES string of the molecule is CCOc1ccc(Oc2cc(CNC(=O)c3c[nH]c4ccccc4c3=O)ccn2)cc1. The maximum atomic E-state index is 12.6. The van der Waals surface area contributed by atoms with Crippen molar-refractivity contribution in [1.82, 2.24) is 15.3 Å². The number of hydrogen-bond donors (Lipinski definition) is 2. The Balaban J connectivity index is 1.43. The van der Waals surface area contributed by atoms with E-state index in [0.29, 0.717) is 29.1 Å². The Morgan fingerprint density at radius 1 is 1.06 bits per heavy atom.